The van der Waals surface area contributed by atoms with Gasteiger partial charge in [-0.05, 0) is 52.3 Å². The molecule has 0 saturated heterocycles. The van der Waals surface area contributed by atoms with Crippen LogP contribution in [0.5, 0.6) is 0 Å². The van der Waals surface area contributed by atoms with Crippen LogP contribution in [0.1, 0.15) is 0 Å². The van der Waals surface area contributed by atoms with Crippen molar-refractivity contribution in [1.29, 1.82) is 0 Å². The predicted octanol–water partition coefficient (Wildman–Crippen LogP) is 5.62. The summed E-state index contributed by atoms with van der Waals surface area (Å²) in [6, 6.07) is 19.2. The molecule has 0 fully saturated rings. The molecule has 0 bridgehead atoms. The largest absolute Gasteiger partial charge is 0.290 e. The number of imidazole rings is 2. The fraction of sp³-hybridized carbons (Fsp3) is 0. The zero-order valence-electron chi connectivity index (χ0n) is 15.7. The van der Waals surface area contributed by atoms with Crippen LogP contribution in [0, 0.1) is 0 Å². The zero-order chi connectivity index (χ0) is 20.8. The highest BCUT2D eigenvalue weighted by molar-refractivity contribution is 9.10. The van der Waals surface area contributed by atoms with Gasteiger partial charge in [-0.2, -0.15) is 0 Å². The Labute approximate surface area is 187 Å². The first-order chi connectivity index (χ1) is 14.7. The number of benzene rings is 1. The minimum absolute atomic E-state index is 0.708. The fourth-order valence-corrected chi connectivity index (χ4v) is 3.18. The van der Waals surface area contributed by atoms with E-state index in [1.165, 1.54) is 0 Å². The molecule has 30 heavy (non-hydrogen) atoms. The molecule has 0 aliphatic carbocycles. The number of halogens is 2. The third-order valence-corrected chi connectivity index (χ3v) is 4.73. The first kappa shape index (κ1) is 20.0. The van der Waals surface area contributed by atoms with Gasteiger partial charge in [-0.15, -0.1) is 0 Å². The van der Waals surface area contributed by atoms with Gasteiger partial charge in [-0.1, -0.05) is 35.9 Å². The summed E-state index contributed by atoms with van der Waals surface area (Å²) in [4.78, 5) is 16.8. The molecular formula is C22H16BrClN6. The van der Waals surface area contributed by atoms with Crippen molar-refractivity contribution in [1.82, 2.24) is 29.1 Å². The molecule has 0 spiro atoms. The summed E-state index contributed by atoms with van der Waals surface area (Å²) in [5, 5.41) is 0.708. The molecule has 0 saturated carbocycles. The first-order valence-electron chi connectivity index (χ1n) is 9.01. The minimum Gasteiger partial charge on any atom is -0.290 e. The molecule has 0 amide bonds. The highest BCUT2D eigenvalue weighted by Gasteiger charge is 2.04. The van der Waals surface area contributed by atoms with Crippen molar-refractivity contribution in [3.8, 4) is 22.9 Å². The Bertz CT molecular complexity index is 1220. The van der Waals surface area contributed by atoms with Crippen LogP contribution in [0.2, 0.25) is 5.02 Å². The lowest BCUT2D eigenvalue weighted by atomic mass is 10.2. The van der Waals surface area contributed by atoms with Gasteiger partial charge < -0.3 is 0 Å². The summed E-state index contributed by atoms with van der Waals surface area (Å²) in [6.45, 7) is 0. The number of rotatable bonds is 3. The lowest BCUT2D eigenvalue weighted by Crippen LogP contribution is -1.91. The third-order valence-electron chi connectivity index (χ3n) is 4.08. The summed E-state index contributed by atoms with van der Waals surface area (Å²) < 4.78 is 4.55. The summed E-state index contributed by atoms with van der Waals surface area (Å²) in [7, 11) is 0. The summed E-state index contributed by atoms with van der Waals surface area (Å²) in [5.41, 5.74) is 1.88. The van der Waals surface area contributed by atoms with Crippen molar-refractivity contribution in [3.63, 3.8) is 0 Å². The molecule has 0 unspecified atom stereocenters. The molecule has 5 aromatic rings. The Balaban J connectivity index is 0.000000158. The Hall–Kier alpha value is -3.29. The van der Waals surface area contributed by atoms with E-state index in [1.54, 1.807) is 25.0 Å². The normalized spacial score (nSPS) is 10.3. The minimum atomic E-state index is 0.708. The second-order valence-electron chi connectivity index (χ2n) is 6.16. The van der Waals surface area contributed by atoms with Crippen LogP contribution in [0.25, 0.3) is 22.9 Å². The molecule has 0 aliphatic rings. The quantitative estimate of drug-likeness (QED) is 0.337. The Morgan fingerprint density at radius 1 is 0.700 bits per heavy atom. The van der Waals surface area contributed by atoms with Crippen LogP contribution >= 0.6 is 27.5 Å². The summed E-state index contributed by atoms with van der Waals surface area (Å²) >= 11 is 9.24. The molecule has 1 aromatic carbocycles. The maximum atomic E-state index is 5.97. The maximum absolute atomic E-state index is 5.97. The van der Waals surface area contributed by atoms with Gasteiger partial charge >= 0.3 is 0 Å². The number of hydrogen-bond donors (Lipinski definition) is 0. The number of pyridine rings is 2. The molecule has 0 aliphatic heterocycles. The van der Waals surface area contributed by atoms with Crippen LogP contribution in [-0.2, 0) is 0 Å². The molecule has 4 heterocycles. The van der Waals surface area contributed by atoms with E-state index in [9.17, 15) is 0 Å². The standard InChI is InChI=1S/C14H10ClN3.C8H6BrN3/c15-12-5-3-4-11(8-12)13-9-18(10-17-13)14-6-1-2-7-16-14;9-7-5-12(6-11-7)8-3-1-2-4-10-8/h1-10H;1-6H. The van der Waals surface area contributed by atoms with Gasteiger partial charge in [-0.25, -0.2) is 19.9 Å². The topological polar surface area (TPSA) is 61.4 Å². The first-order valence-corrected chi connectivity index (χ1v) is 10.2. The predicted molar refractivity (Wildman–Crippen MR) is 121 cm³/mol. The molecular weight excluding hydrogens is 464 g/mol. The van der Waals surface area contributed by atoms with Crippen LogP contribution in [0.3, 0.4) is 0 Å². The van der Waals surface area contributed by atoms with Crippen molar-refractivity contribution < 1.29 is 0 Å². The lowest BCUT2D eigenvalue weighted by Gasteiger charge is -1.99. The van der Waals surface area contributed by atoms with Crippen molar-refractivity contribution in [3.05, 3.63) is 108 Å². The fourth-order valence-electron chi connectivity index (χ4n) is 2.68. The molecule has 0 radical (unpaired) electrons. The van der Waals surface area contributed by atoms with Crippen molar-refractivity contribution >= 4 is 27.5 Å². The second kappa shape index (κ2) is 9.47. The van der Waals surface area contributed by atoms with E-state index >= 15 is 0 Å². The average molecular weight is 480 g/mol. The zero-order valence-corrected chi connectivity index (χ0v) is 18.0. The Kier molecular flexibility index (Phi) is 6.32. The van der Waals surface area contributed by atoms with Crippen LogP contribution in [-0.4, -0.2) is 29.1 Å². The van der Waals surface area contributed by atoms with E-state index in [4.69, 9.17) is 11.6 Å². The molecule has 8 heteroatoms. The van der Waals surface area contributed by atoms with Gasteiger partial charge in [0, 0.05) is 35.4 Å². The third kappa shape index (κ3) is 5.00. The van der Waals surface area contributed by atoms with Crippen LogP contribution in [0.4, 0.5) is 0 Å². The van der Waals surface area contributed by atoms with Gasteiger partial charge in [0.2, 0.25) is 0 Å². The monoisotopic (exact) mass is 478 g/mol. The van der Waals surface area contributed by atoms with E-state index in [0.29, 0.717) is 5.02 Å². The maximum Gasteiger partial charge on any atom is 0.137 e. The van der Waals surface area contributed by atoms with Crippen molar-refractivity contribution in [2.75, 3.05) is 0 Å². The van der Waals surface area contributed by atoms with E-state index in [1.807, 2.05) is 82.2 Å². The number of hydrogen-bond acceptors (Lipinski definition) is 4. The lowest BCUT2D eigenvalue weighted by molar-refractivity contribution is 0.993. The number of nitrogens with zero attached hydrogens (tertiary/aromatic N) is 6. The number of aromatic nitrogens is 6. The van der Waals surface area contributed by atoms with Crippen molar-refractivity contribution in [2.24, 2.45) is 0 Å². The second-order valence-corrected chi connectivity index (χ2v) is 7.40. The van der Waals surface area contributed by atoms with Gasteiger partial charge in [0.05, 0.1) is 5.69 Å². The van der Waals surface area contributed by atoms with E-state index in [0.717, 1.165) is 27.5 Å². The molecule has 6 nitrogen and oxygen atoms in total. The molecule has 0 atom stereocenters. The van der Waals surface area contributed by atoms with Crippen molar-refractivity contribution in [2.45, 2.75) is 0 Å². The van der Waals surface area contributed by atoms with E-state index in [2.05, 4.69) is 35.9 Å². The molecule has 4 aromatic heterocycles. The van der Waals surface area contributed by atoms with Gasteiger partial charge in [-0.3, -0.25) is 9.13 Å². The van der Waals surface area contributed by atoms with Crippen LogP contribution in [0.15, 0.2) is 103 Å². The van der Waals surface area contributed by atoms with Crippen LogP contribution < -0.4 is 0 Å². The SMILES string of the molecule is Brc1cn(-c2ccccn2)cn1.Clc1cccc(-c2cn(-c3ccccn3)cn2)c1. The summed E-state index contributed by atoms with van der Waals surface area (Å²) in [6.07, 6.45) is 10.8. The Morgan fingerprint density at radius 3 is 1.93 bits per heavy atom. The van der Waals surface area contributed by atoms with E-state index < -0.39 is 0 Å². The smallest absolute Gasteiger partial charge is 0.137 e. The van der Waals surface area contributed by atoms with Gasteiger partial charge in [0.15, 0.2) is 0 Å². The van der Waals surface area contributed by atoms with Gasteiger partial charge in [0.25, 0.3) is 0 Å². The molecule has 5 rings (SSSR count). The average Bonchev–Trinajstić information content (AvgIpc) is 3.45. The van der Waals surface area contributed by atoms with E-state index in [-0.39, 0.29) is 0 Å². The Morgan fingerprint density at radius 2 is 1.37 bits per heavy atom. The molecule has 148 valence electrons. The highest BCUT2D eigenvalue weighted by Crippen LogP contribution is 2.21. The highest BCUT2D eigenvalue weighted by atomic mass is 79.9. The molecule has 0 N–H and O–H groups in total. The summed E-state index contributed by atoms with van der Waals surface area (Å²) in [5.74, 6) is 1.72. The van der Waals surface area contributed by atoms with Gasteiger partial charge in [0.1, 0.15) is 28.9 Å².